The van der Waals surface area contributed by atoms with Crippen molar-refractivity contribution in [2.75, 3.05) is 11.9 Å². The third-order valence-corrected chi connectivity index (χ3v) is 3.90. The Bertz CT molecular complexity index is 878. The van der Waals surface area contributed by atoms with E-state index in [9.17, 15) is 4.79 Å². The predicted molar refractivity (Wildman–Crippen MR) is 108 cm³/mol. The molecule has 0 fully saturated rings. The first-order valence-electron chi connectivity index (χ1n) is 8.59. The monoisotopic (exact) mass is 386 g/mol. The number of hydrogen-bond acceptors (Lipinski definition) is 5. The molecule has 0 aliphatic carbocycles. The maximum atomic E-state index is 12.3. The predicted octanol–water partition coefficient (Wildman–Crippen LogP) is 2.82. The van der Waals surface area contributed by atoms with Crippen molar-refractivity contribution in [2.45, 2.75) is 26.9 Å². The largest absolute Gasteiger partial charge is 0.324 e. The van der Waals surface area contributed by atoms with Crippen LogP contribution in [0, 0.1) is 6.92 Å². The topological polar surface area (TPSA) is 84.7 Å². The molecule has 3 aromatic rings. The normalized spacial score (nSPS) is 10.3. The number of halogens is 1. The van der Waals surface area contributed by atoms with Crippen LogP contribution in [0.25, 0.3) is 11.4 Å². The van der Waals surface area contributed by atoms with E-state index >= 15 is 0 Å². The number of benzene rings is 2. The van der Waals surface area contributed by atoms with Crippen LogP contribution in [0.5, 0.6) is 0 Å². The Morgan fingerprint density at radius 3 is 2.59 bits per heavy atom. The number of rotatable bonds is 7. The molecule has 0 unspecified atom stereocenters. The number of amides is 1. The van der Waals surface area contributed by atoms with Crippen LogP contribution in [-0.4, -0.2) is 32.7 Å². The van der Waals surface area contributed by atoms with Crippen LogP contribution in [-0.2, 0) is 17.9 Å². The fourth-order valence-electron chi connectivity index (χ4n) is 2.50. The van der Waals surface area contributed by atoms with Crippen LogP contribution in [0.1, 0.15) is 18.1 Å². The maximum absolute atomic E-state index is 12.3. The number of para-hydroxylation sites is 1. The van der Waals surface area contributed by atoms with Gasteiger partial charge in [0.15, 0.2) is 0 Å². The molecule has 1 amide bonds. The summed E-state index contributed by atoms with van der Waals surface area (Å²) in [6.45, 7) is 5.64. The average Bonchev–Trinajstić information content (AvgIpc) is 3.10. The minimum absolute atomic E-state index is 0. The number of anilines is 1. The molecule has 2 N–H and O–H groups in total. The summed E-state index contributed by atoms with van der Waals surface area (Å²) < 4.78 is 0. The molecule has 142 valence electrons. The van der Waals surface area contributed by atoms with Gasteiger partial charge in [0.25, 0.3) is 0 Å². The second-order valence-electron chi connectivity index (χ2n) is 6.00. The van der Waals surface area contributed by atoms with Crippen molar-refractivity contribution in [1.82, 2.24) is 25.5 Å². The van der Waals surface area contributed by atoms with E-state index in [1.165, 1.54) is 4.80 Å². The van der Waals surface area contributed by atoms with Gasteiger partial charge in [0.05, 0.1) is 0 Å². The Morgan fingerprint density at radius 1 is 1.11 bits per heavy atom. The van der Waals surface area contributed by atoms with Crippen LogP contribution < -0.4 is 10.6 Å². The summed E-state index contributed by atoms with van der Waals surface area (Å²) in [5.74, 6) is 0.312. The third-order valence-electron chi connectivity index (χ3n) is 3.90. The van der Waals surface area contributed by atoms with Crippen molar-refractivity contribution in [3.63, 3.8) is 0 Å². The maximum Gasteiger partial charge on any atom is 0.248 e. The third kappa shape index (κ3) is 5.60. The van der Waals surface area contributed by atoms with E-state index in [1.807, 2.05) is 62.4 Å². The lowest BCUT2D eigenvalue weighted by Crippen LogP contribution is -2.22. The number of nitrogens with zero attached hydrogens (tertiary/aromatic N) is 4. The molecule has 0 radical (unpaired) electrons. The van der Waals surface area contributed by atoms with Crippen molar-refractivity contribution in [3.05, 3.63) is 59.7 Å². The molecule has 0 bridgehead atoms. The first-order chi connectivity index (χ1) is 12.7. The zero-order valence-electron chi connectivity index (χ0n) is 15.3. The van der Waals surface area contributed by atoms with Crippen molar-refractivity contribution >= 4 is 24.0 Å². The van der Waals surface area contributed by atoms with Crippen LogP contribution in [0.15, 0.2) is 48.5 Å². The van der Waals surface area contributed by atoms with Crippen molar-refractivity contribution in [1.29, 1.82) is 0 Å². The SMILES string of the molecule is CCNCc1ccccc1NC(=O)Cn1nnc(-c2ccc(C)cc2)n1.Cl. The zero-order valence-corrected chi connectivity index (χ0v) is 16.2. The highest BCUT2D eigenvalue weighted by Gasteiger charge is 2.11. The molecule has 27 heavy (non-hydrogen) atoms. The molecule has 0 spiro atoms. The Kier molecular flexibility index (Phi) is 7.45. The molecule has 0 aliphatic heterocycles. The highest BCUT2D eigenvalue weighted by Crippen LogP contribution is 2.16. The first-order valence-corrected chi connectivity index (χ1v) is 8.59. The summed E-state index contributed by atoms with van der Waals surface area (Å²) in [6, 6.07) is 15.6. The fourth-order valence-corrected chi connectivity index (χ4v) is 2.50. The number of aromatic nitrogens is 4. The summed E-state index contributed by atoms with van der Waals surface area (Å²) in [6.07, 6.45) is 0. The standard InChI is InChI=1S/C19H22N6O.ClH/c1-3-20-12-16-6-4-5-7-17(16)21-18(26)13-25-23-19(22-24-25)15-10-8-14(2)9-11-15;/h4-11,20H,3,12-13H2,1-2H3,(H,21,26);1H. The van der Waals surface area contributed by atoms with E-state index < -0.39 is 0 Å². The molecular formula is C19H23ClN6O. The van der Waals surface area contributed by atoms with E-state index in [2.05, 4.69) is 26.0 Å². The molecule has 0 saturated heterocycles. The van der Waals surface area contributed by atoms with Gasteiger partial charge >= 0.3 is 0 Å². The summed E-state index contributed by atoms with van der Waals surface area (Å²) in [4.78, 5) is 13.6. The Morgan fingerprint density at radius 2 is 1.85 bits per heavy atom. The minimum atomic E-state index is -0.193. The minimum Gasteiger partial charge on any atom is -0.324 e. The lowest BCUT2D eigenvalue weighted by atomic mass is 10.1. The van der Waals surface area contributed by atoms with E-state index in [0.717, 1.165) is 28.9 Å². The van der Waals surface area contributed by atoms with E-state index in [-0.39, 0.29) is 24.9 Å². The van der Waals surface area contributed by atoms with Crippen molar-refractivity contribution in [2.24, 2.45) is 0 Å². The lowest BCUT2D eigenvalue weighted by Gasteiger charge is -2.11. The van der Waals surface area contributed by atoms with Crippen LogP contribution in [0.4, 0.5) is 5.69 Å². The highest BCUT2D eigenvalue weighted by atomic mass is 35.5. The Labute approximate surface area is 164 Å². The highest BCUT2D eigenvalue weighted by molar-refractivity contribution is 5.91. The van der Waals surface area contributed by atoms with Gasteiger partial charge < -0.3 is 10.6 Å². The van der Waals surface area contributed by atoms with Crippen LogP contribution in [0.2, 0.25) is 0 Å². The van der Waals surface area contributed by atoms with Crippen LogP contribution in [0.3, 0.4) is 0 Å². The van der Waals surface area contributed by atoms with Gasteiger partial charge in [-0.1, -0.05) is 55.0 Å². The van der Waals surface area contributed by atoms with Crippen molar-refractivity contribution in [3.8, 4) is 11.4 Å². The molecule has 7 nitrogen and oxygen atoms in total. The number of nitrogens with one attached hydrogen (secondary N) is 2. The molecule has 0 saturated carbocycles. The number of hydrogen-bond donors (Lipinski definition) is 2. The number of aryl methyl sites for hydroxylation is 1. The zero-order chi connectivity index (χ0) is 18.4. The smallest absolute Gasteiger partial charge is 0.248 e. The fraction of sp³-hybridized carbons (Fsp3) is 0.263. The summed E-state index contributed by atoms with van der Waals surface area (Å²) in [7, 11) is 0. The van der Waals surface area contributed by atoms with Gasteiger partial charge in [0.1, 0.15) is 6.54 Å². The Hall–Kier alpha value is -2.77. The van der Waals surface area contributed by atoms with Crippen molar-refractivity contribution < 1.29 is 4.79 Å². The number of carbonyl (C=O) groups is 1. The lowest BCUT2D eigenvalue weighted by molar-refractivity contribution is -0.117. The molecule has 3 rings (SSSR count). The molecule has 8 heteroatoms. The summed E-state index contributed by atoms with van der Waals surface area (Å²) >= 11 is 0. The number of tetrazole rings is 1. The molecule has 1 heterocycles. The second kappa shape index (κ2) is 9.80. The summed E-state index contributed by atoms with van der Waals surface area (Å²) in [5, 5.41) is 18.5. The van der Waals surface area contributed by atoms with Gasteiger partial charge in [-0.25, -0.2) is 0 Å². The van der Waals surface area contributed by atoms with Gasteiger partial charge in [-0.05, 0) is 30.3 Å². The molecule has 0 atom stereocenters. The van der Waals surface area contributed by atoms with E-state index in [4.69, 9.17) is 0 Å². The average molecular weight is 387 g/mol. The first kappa shape index (κ1) is 20.5. The quantitative estimate of drug-likeness (QED) is 0.652. The number of carbonyl (C=O) groups excluding carboxylic acids is 1. The van der Waals surface area contributed by atoms with Gasteiger partial charge in [0.2, 0.25) is 11.7 Å². The molecule has 0 aliphatic rings. The van der Waals surface area contributed by atoms with Crippen LogP contribution >= 0.6 is 12.4 Å². The van der Waals surface area contributed by atoms with Gasteiger partial charge in [-0.3, -0.25) is 4.79 Å². The molecule has 2 aromatic carbocycles. The molecular weight excluding hydrogens is 364 g/mol. The van der Waals surface area contributed by atoms with Gasteiger partial charge in [-0.2, -0.15) is 4.80 Å². The Balaban J connectivity index is 0.00000261. The second-order valence-corrected chi connectivity index (χ2v) is 6.00. The van der Waals surface area contributed by atoms with Gasteiger partial charge in [0, 0.05) is 17.8 Å². The van der Waals surface area contributed by atoms with E-state index in [1.54, 1.807) is 0 Å². The molecule has 1 aromatic heterocycles. The van der Waals surface area contributed by atoms with E-state index in [0.29, 0.717) is 12.4 Å². The summed E-state index contributed by atoms with van der Waals surface area (Å²) in [5.41, 5.74) is 3.86. The van der Waals surface area contributed by atoms with Gasteiger partial charge in [-0.15, -0.1) is 22.6 Å².